The number of carboxylic acid groups (broad SMARTS) is 1. The number of aliphatic hydroxyl groups excluding tert-OH is 1. The Morgan fingerprint density at radius 1 is 0.632 bits per heavy atom. The molecule has 35 heteroatoms. The molecule has 106 heavy (non-hydrogen) atoms. The number of piperidine rings is 1. The van der Waals surface area contributed by atoms with Crippen LogP contribution in [-0.4, -0.2) is 165 Å². The molecular weight excluding hydrogens is 1550 g/mol. The maximum absolute atomic E-state index is 11.6. The van der Waals surface area contributed by atoms with Crippen molar-refractivity contribution in [2.24, 2.45) is 11.7 Å². The SMILES string of the molecule is C.CC(=O)c1ccc(Cl)nc1.CC(=O)c1ccc(OC2CCCCC2)nc1.CC(C)(C)OC(=O)N1CCC(O)CC1.CC(C)[C@H]1COC(=O)N1c1ccnc(Cl)n1.CC(N)c1ccc(OC2CCCCC2)nc1.COC(=O)CC(=O)OC.O=C(Cl)c1ccc(Cl)nc1.O=C(O)c1ccc(Cl)nc1.O=S(Cl)Cl. The first kappa shape index (κ1) is 96.5. The third kappa shape index (κ3) is 42.1. The van der Waals surface area contributed by atoms with Crippen molar-refractivity contribution in [2.75, 3.05) is 38.8 Å². The number of rotatable bonds is 13. The minimum absolute atomic E-state index is 0. The molecule has 1 unspecified atom stereocenters. The van der Waals surface area contributed by atoms with Gasteiger partial charge in [-0.3, -0.25) is 28.9 Å². The van der Waals surface area contributed by atoms with Crippen molar-refractivity contribution < 1.29 is 81.2 Å². The van der Waals surface area contributed by atoms with Gasteiger partial charge in [-0.25, -0.2) is 53.5 Å². The standard InChI is InChI=1S/C13H20N2O.C13H17NO2.C10H12ClN3O2.C10H19NO3.C7H6ClNO.C6H3Cl2NO.C6H4ClNO2.C5H8O4.CH4.Cl2OS/c1-10(14)11-7-8-13(15-9-11)16-12-5-3-2-4-6-12;1-10(15)11-7-8-13(14-9-11)16-12-5-3-2-4-6-12;1-6(2)7-5-16-10(15)14(7)8-3-4-12-9(11)13-8;1-10(2,3)14-9(13)11-6-4-8(12)5-7-11;1-5(10)6-2-3-7(8)9-4-6;7-5-2-1-4(3-9-5)6(8)10;7-5-2-1-4(3-8-5)6(9)10;1-8-4(6)3-5(7)9-2;;1-4(2)3/h7-10,12H,2-6,14H2,1H3;7-9,12H,2-6H2,1H3;3-4,6-7H,5H2,1-2H3;8,12H,4-7H2,1-3H3;2-4H,1H3;1-3H;1-3H,(H,9,10);3H2,1-2H3;1H4;/t;;7-;;;;;;;/m..1......./s1. The fourth-order valence-corrected chi connectivity index (χ4v) is 9.55. The first-order chi connectivity index (χ1) is 49.5. The van der Waals surface area contributed by atoms with Gasteiger partial charge in [0.25, 0.3) is 5.24 Å². The molecule has 2 saturated heterocycles. The number of hydrogen-bond acceptors (Lipinski definition) is 24. The van der Waals surface area contributed by atoms with Gasteiger partial charge in [0.1, 0.15) is 52.1 Å². The molecule has 2 atom stereocenters. The number of aromatic carboxylic acids is 1. The van der Waals surface area contributed by atoms with E-state index in [1.165, 1.54) is 114 Å². The van der Waals surface area contributed by atoms with Gasteiger partial charge in [0.15, 0.2) is 11.6 Å². The first-order valence-electron chi connectivity index (χ1n) is 32.8. The molecule has 0 bridgehead atoms. The van der Waals surface area contributed by atoms with Crippen molar-refractivity contribution in [1.82, 2.24) is 39.8 Å². The maximum Gasteiger partial charge on any atom is 0.415 e. The van der Waals surface area contributed by atoms with Crippen LogP contribution in [0.4, 0.5) is 15.4 Å². The molecule has 2 aliphatic carbocycles. The molecule has 2 saturated carbocycles. The van der Waals surface area contributed by atoms with Gasteiger partial charge in [0.05, 0.1) is 37.5 Å². The quantitative estimate of drug-likeness (QED) is 0.0184. The summed E-state index contributed by atoms with van der Waals surface area (Å²) in [5, 5.41) is 18.3. The van der Waals surface area contributed by atoms with Crippen LogP contribution in [0.2, 0.25) is 20.7 Å². The molecule has 4 N–H and O–H groups in total. The summed E-state index contributed by atoms with van der Waals surface area (Å²) >= 11 is 27.2. The Morgan fingerprint density at radius 3 is 1.41 bits per heavy atom. The number of carbonyl (C=O) groups excluding carboxylic acids is 7. The molecule has 584 valence electrons. The number of nitrogens with two attached hydrogens (primary N) is 1. The zero-order valence-corrected chi connectivity index (χ0v) is 65.9. The van der Waals surface area contributed by atoms with E-state index in [0.29, 0.717) is 94.5 Å². The number of pyridine rings is 5. The van der Waals surface area contributed by atoms with Gasteiger partial charge in [-0.1, -0.05) is 75.0 Å². The summed E-state index contributed by atoms with van der Waals surface area (Å²) in [7, 11) is 9.79. The number of ketones is 2. The fourth-order valence-electron chi connectivity index (χ4n) is 8.96. The number of carbonyl (C=O) groups is 8. The lowest BCUT2D eigenvalue weighted by Crippen LogP contribution is -2.42. The first-order valence-corrected chi connectivity index (χ1v) is 37.5. The number of likely N-dealkylation sites (tertiary alicyclic amines) is 1. The van der Waals surface area contributed by atoms with Gasteiger partial charge in [0.2, 0.25) is 26.3 Å². The lowest BCUT2D eigenvalue weighted by Gasteiger charge is -2.31. The molecule has 8 heterocycles. The van der Waals surface area contributed by atoms with Crippen molar-refractivity contribution in [3.05, 3.63) is 152 Å². The molecule has 4 aliphatic rings. The molecule has 0 radical (unpaired) electrons. The van der Waals surface area contributed by atoms with E-state index in [2.05, 4.69) is 65.7 Å². The zero-order valence-electron chi connectivity index (χ0n) is 59.8. The lowest BCUT2D eigenvalue weighted by molar-refractivity contribution is -0.151. The second-order valence-corrected chi connectivity index (χ2v) is 28.7. The molecular formula is C71H93Cl7N10O17S. The van der Waals surface area contributed by atoms with E-state index in [0.717, 1.165) is 37.1 Å². The molecule has 2 aliphatic heterocycles. The number of amides is 2. The van der Waals surface area contributed by atoms with Crippen LogP contribution in [0.25, 0.3) is 0 Å². The summed E-state index contributed by atoms with van der Waals surface area (Å²) in [4.78, 5) is 116. The van der Waals surface area contributed by atoms with Crippen LogP contribution in [0.15, 0.2) is 104 Å². The summed E-state index contributed by atoms with van der Waals surface area (Å²) < 4.78 is 39.3. The summed E-state index contributed by atoms with van der Waals surface area (Å²) in [6, 6.07) is 18.3. The number of methoxy groups -OCH3 is 2. The van der Waals surface area contributed by atoms with Gasteiger partial charge in [-0.15, -0.1) is 0 Å². The minimum Gasteiger partial charge on any atom is -0.478 e. The number of carboxylic acids is 1. The predicted octanol–water partition coefficient (Wildman–Crippen LogP) is 16.2. The predicted molar refractivity (Wildman–Crippen MR) is 409 cm³/mol. The summed E-state index contributed by atoms with van der Waals surface area (Å²) in [6.45, 7) is 16.2. The Morgan fingerprint density at radius 2 is 1.06 bits per heavy atom. The normalized spacial score (nSPS) is 14.8. The Bertz CT molecular complexity index is 3480. The number of hydrogen-bond donors (Lipinski definition) is 3. The average Bonchev–Trinajstić information content (AvgIpc) is 1.66. The van der Waals surface area contributed by atoms with Gasteiger partial charge >= 0.3 is 30.1 Å². The highest BCUT2D eigenvalue weighted by Gasteiger charge is 2.37. The molecule has 10 rings (SSSR count). The highest BCUT2D eigenvalue weighted by atomic mass is 36.0. The zero-order chi connectivity index (χ0) is 78.8. The van der Waals surface area contributed by atoms with Crippen molar-refractivity contribution in [3.8, 4) is 11.8 Å². The largest absolute Gasteiger partial charge is 0.478 e. The molecule has 6 aromatic heterocycles. The number of cyclic esters (lactones) is 1. The average molecular weight is 1640 g/mol. The Kier molecular flexibility index (Phi) is 47.8. The second-order valence-electron chi connectivity index (χ2n) is 24.3. The molecule has 6 aromatic rings. The Balaban J connectivity index is 0.000000606. The van der Waals surface area contributed by atoms with Crippen molar-refractivity contribution in [1.29, 1.82) is 0 Å². The molecule has 0 aromatic carbocycles. The smallest absolute Gasteiger partial charge is 0.415 e. The van der Waals surface area contributed by atoms with E-state index in [4.69, 9.17) is 92.0 Å². The number of halogens is 7. The van der Waals surface area contributed by atoms with E-state index < -0.39 is 38.0 Å². The van der Waals surface area contributed by atoms with E-state index in [9.17, 15) is 43.5 Å². The summed E-state index contributed by atoms with van der Waals surface area (Å²) in [5.41, 5.74) is 8.10. The van der Waals surface area contributed by atoms with Crippen molar-refractivity contribution >= 4 is 141 Å². The molecule has 27 nitrogen and oxygen atoms in total. The Labute approximate surface area is 655 Å². The molecule has 2 amide bonds. The monoisotopic (exact) mass is 1630 g/mol. The number of Topliss-reactive ketones (excluding diaryl/α,β-unsaturated/α-hetero) is 2. The number of nitrogens with zero attached hydrogens (tertiary/aromatic N) is 9. The van der Waals surface area contributed by atoms with Gasteiger partial charge in [-0.2, -0.15) is 0 Å². The maximum atomic E-state index is 11.6. The number of anilines is 1. The van der Waals surface area contributed by atoms with Gasteiger partial charge in [0, 0.05) is 101 Å². The van der Waals surface area contributed by atoms with Crippen LogP contribution < -0.4 is 20.1 Å². The highest BCUT2D eigenvalue weighted by Crippen LogP contribution is 2.27. The van der Waals surface area contributed by atoms with E-state index in [1.54, 1.807) is 48.4 Å². The lowest BCUT2D eigenvalue weighted by atomic mass is 9.98. The van der Waals surface area contributed by atoms with Crippen LogP contribution in [0.3, 0.4) is 0 Å². The number of ether oxygens (including phenoxy) is 6. The number of esters is 2. The molecule has 0 spiro atoms. The van der Waals surface area contributed by atoms with Gasteiger partial charge < -0.3 is 49.3 Å². The van der Waals surface area contributed by atoms with Crippen LogP contribution in [0.5, 0.6) is 11.8 Å². The van der Waals surface area contributed by atoms with E-state index in [1.807, 2.05) is 59.9 Å². The summed E-state index contributed by atoms with van der Waals surface area (Å²) in [5.74, 6) is 0.0309. The number of aliphatic hydroxyl groups is 1. The topological polar surface area (TPSA) is 372 Å². The minimum atomic E-state index is -1.67. The van der Waals surface area contributed by atoms with Crippen LogP contribution >= 0.6 is 79.4 Å². The van der Waals surface area contributed by atoms with E-state index in [-0.39, 0.29) is 66.6 Å². The fraction of sp³-hybridized carbons (Fsp3) is 0.479. The molecule has 4 fully saturated rings. The number of aromatic nitrogens is 7. The third-order valence-electron chi connectivity index (χ3n) is 14.6. The van der Waals surface area contributed by atoms with Gasteiger partial charge in [-0.05, 0) is 189 Å². The van der Waals surface area contributed by atoms with E-state index >= 15 is 0 Å². The Hall–Kier alpha value is -7.51. The third-order valence-corrected chi connectivity index (χ3v) is 15.6. The van der Waals surface area contributed by atoms with Crippen LogP contribution in [-0.2, 0) is 37.8 Å². The highest BCUT2D eigenvalue weighted by molar-refractivity contribution is 8.26. The second kappa shape index (κ2) is 52.5. The summed E-state index contributed by atoms with van der Waals surface area (Å²) in [6.07, 6.45) is 22.0. The van der Waals surface area contributed by atoms with Crippen LogP contribution in [0.1, 0.15) is 199 Å². The van der Waals surface area contributed by atoms with Crippen molar-refractivity contribution in [3.63, 3.8) is 0 Å². The van der Waals surface area contributed by atoms with Crippen molar-refractivity contribution in [2.45, 2.75) is 182 Å². The van der Waals surface area contributed by atoms with Crippen LogP contribution in [0, 0.1) is 5.92 Å².